The number of aromatic nitrogens is 5. The Morgan fingerprint density at radius 2 is 1.63 bits per heavy atom. The maximum atomic E-state index is 12.9. The standard InChI is InChI=1S/C27H25N5O6/c1-17-3-7-19(8-4-17)25(33)36-14-22-21(38-26(34)20-9-5-18(2)6-10-20)13-24(37-22)31-12-11-23(30-27(31)35)32-16-28-15-29-32/h3-12,15-16,21-22,24H,13-14H2,1-2H3/i27+1,30+1,31+1. The molecule has 11 nitrogen and oxygen atoms in total. The quantitative estimate of drug-likeness (QED) is 0.339. The van der Waals surface area contributed by atoms with Crippen LogP contribution in [0.1, 0.15) is 44.5 Å². The summed E-state index contributed by atoms with van der Waals surface area (Å²) in [5.74, 6) is -0.773. The van der Waals surface area contributed by atoms with Crippen LogP contribution >= 0.6 is 0 Å². The molecule has 38 heavy (non-hydrogen) atoms. The molecule has 0 saturated carbocycles. The predicted octanol–water partition coefficient (Wildman–Crippen LogP) is 2.81. The van der Waals surface area contributed by atoms with Crippen LogP contribution < -0.4 is 5.69 Å². The van der Waals surface area contributed by atoms with Crippen LogP contribution in [0.15, 0.2) is 78.2 Å². The third kappa shape index (κ3) is 5.52. The Hall–Kier alpha value is -4.64. The van der Waals surface area contributed by atoms with Gasteiger partial charge in [0.1, 0.15) is 37.7 Å². The lowest BCUT2D eigenvalue weighted by Gasteiger charge is -2.19. The van der Waals surface area contributed by atoms with E-state index in [1.165, 1.54) is 28.1 Å². The first-order chi connectivity index (χ1) is 18.4. The molecule has 1 saturated heterocycles. The molecule has 11 heteroatoms. The topological polar surface area (TPSA) is 127 Å². The van der Waals surface area contributed by atoms with Crippen molar-refractivity contribution in [3.8, 4) is 5.82 Å². The van der Waals surface area contributed by atoms with Crippen molar-refractivity contribution < 1.29 is 23.8 Å². The molecular formula is C27H25N5O6. The summed E-state index contributed by atoms with van der Waals surface area (Å²) in [6, 6.07) is 15.5. The smallest absolute Gasteiger partial charge is 0.351 e. The van der Waals surface area contributed by atoms with Gasteiger partial charge in [0.2, 0.25) is 0 Å². The number of carbonyl (C=O) groups excluding carboxylic acids is 2. The van der Waals surface area contributed by atoms with E-state index in [9.17, 15) is 14.4 Å². The summed E-state index contributed by atoms with van der Waals surface area (Å²) >= 11 is 0. The average molecular weight is 519 g/mol. The molecule has 1 fully saturated rings. The maximum Gasteiger partial charge on any atom is 0.351 e. The second kappa shape index (κ2) is 10.8. The molecule has 0 bridgehead atoms. The molecule has 0 amide bonds. The van der Waals surface area contributed by atoms with Crippen LogP contribution in [-0.4, -0.2) is 55.1 Å². The molecule has 0 N–H and O–H groups in total. The van der Waals surface area contributed by atoms with E-state index in [0.717, 1.165) is 11.1 Å². The molecule has 4 aromatic rings. The van der Waals surface area contributed by atoms with Crippen molar-refractivity contribution in [2.75, 3.05) is 6.61 Å². The van der Waals surface area contributed by atoms with Crippen LogP contribution in [-0.2, 0) is 14.2 Å². The number of aryl methyl sites for hydroxylation is 2. The molecule has 5 rings (SSSR count). The highest BCUT2D eigenvalue weighted by Crippen LogP contribution is 2.31. The van der Waals surface area contributed by atoms with E-state index in [2.05, 4.69) is 15.1 Å². The van der Waals surface area contributed by atoms with Gasteiger partial charge in [-0.3, -0.25) is 4.57 Å². The number of carbonyl (C=O) groups is 2. The van der Waals surface area contributed by atoms with E-state index in [0.29, 0.717) is 16.9 Å². The van der Waals surface area contributed by atoms with Gasteiger partial charge in [-0.15, -0.1) is 0 Å². The Bertz CT molecular complexity index is 1480. The Balaban J connectivity index is 1.34. The van der Waals surface area contributed by atoms with E-state index in [4.69, 9.17) is 14.2 Å². The van der Waals surface area contributed by atoms with Gasteiger partial charge in [0.05, 0.1) is 11.1 Å². The van der Waals surface area contributed by atoms with E-state index < -0.39 is 36.1 Å². The number of hydrogen-bond donors (Lipinski definition) is 0. The molecule has 2 aromatic heterocycles. The zero-order valence-corrected chi connectivity index (χ0v) is 20.8. The first kappa shape index (κ1) is 25.0. The van der Waals surface area contributed by atoms with E-state index in [1.807, 2.05) is 38.1 Å². The highest BCUT2D eigenvalue weighted by Gasteiger charge is 2.40. The fourth-order valence-electron chi connectivity index (χ4n) is 4.05. The normalized spacial score (nSPS) is 18.7. The largest absolute Gasteiger partial charge is 0.459 e. The van der Waals surface area contributed by atoms with Gasteiger partial charge in [-0.2, -0.15) is 10.1 Å². The lowest BCUT2D eigenvalue weighted by Crippen LogP contribution is -2.32. The number of hydrogen-bond acceptors (Lipinski definition) is 9. The van der Waals surface area contributed by atoms with Crippen LogP contribution in [0.4, 0.5) is 0 Å². The van der Waals surface area contributed by atoms with Gasteiger partial charge in [-0.1, -0.05) is 35.4 Å². The summed E-state index contributed by atoms with van der Waals surface area (Å²) in [5, 5.41) is 3.97. The third-order valence-electron chi connectivity index (χ3n) is 6.17. The summed E-state index contributed by atoms with van der Waals surface area (Å²) in [6.45, 7) is 3.67. The van der Waals surface area contributed by atoms with Gasteiger partial charge in [0.25, 0.3) is 0 Å². The summed E-state index contributed by atoms with van der Waals surface area (Å²) in [7, 11) is 0. The first-order valence-corrected chi connectivity index (χ1v) is 12.0. The SMILES string of the molecule is Cc1ccc(C(=O)OCC2OC([15n]3ccc(-n4cncn4)[15n][13c]3=O)CC2OC(=O)c2ccc(C)cc2)cc1. The third-order valence-corrected chi connectivity index (χ3v) is 6.17. The van der Waals surface area contributed by atoms with E-state index >= 15 is 0 Å². The number of ether oxygens (including phenoxy) is 3. The number of benzene rings is 2. The molecular weight excluding hydrogens is 493 g/mol. The number of rotatable bonds is 7. The fourth-order valence-corrected chi connectivity index (χ4v) is 4.05. The molecule has 3 heterocycles. The van der Waals surface area contributed by atoms with Crippen molar-refractivity contribution >= 4 is 11.9 Å². The summed E-state index contributed by atoms with van der Waals surface area (Å²) < 4.78 is 20.0. The van der Waals surface area contributed by atoms with E-state index in [1.54, 1.807) is 30.3 Å². The average Bonchev–Trinajstić information content (AvgIpc) is 3.59. The Kier molecular flexibility index (Phi) is 7.09. The molecule has 0 spiro atoms. The minimum Gasteiger partial charge on any atom is -0.459 e. The van der Waals surface area contributed by atoms with Crippen molar-refractivity contribution in [2.24, 2.45) is 0 Å². The molecule has 0 radical (unpaired) electrons. The van der Waals surface area contributed by atoms with Gasteiger partial charge in [-0.05, 0) is 44.2 Å². The second-order valence-electron chi connectivity index (χ2n) is 8.95. The molecule has 1 aliphatic rings. The van der Waals surface area contributed by atoms with Gasteiger partial charge in [0, 0.05) is 12.6 Å². The molecule has 3 atom stereocenters. The van der Waals surface area contributed by atoms with Crippen LogP contribution in [0.25, 0.3) is 5.82 Å². The highest BCUT2D eigenvalue weighted by atomic mass is 16.6. The first-order valence-electron chi connectivity index (χ1n) is 12.0. The zero-order valence-electron chi connectivity index (χ0n) is 20.8. The Labute approximate surface area is 217 Å². The van der Waals surface area contributed by atoms with Gasteiger partial charge in [0.15, 0.2) is 5.82 Å². The van der Waals surface area contributed by atoms with Crippen LogP contribution in [0.5, 0.6) is 0 Å². The number of nitrogens with zero attached hydrogens (tertiary/aromatic N) is 5. The number of esters is 2. The van der Waals surface area contributed by atoms with Crippen molar-refractivity contribution in [3.05, 3.63) is 106 Å². The van der Waals surface area contributed by atoms with Crippen LogP contribution in [0.3, 0.4) is 0 Å². The molecule has 194 valence electrons. The van der Waals surface area contributed by atoms with E-state index in [-0.39, 0.29) is 13.0 Å². The Morgan fingerprint density at radius 3 is 2.24 bits per heavy atom. The summed E-state index contributed by atoms with van der Waals surface area (Å²) in [4.78, 5) is 46.1. The molecule has 1 aliphatic heterocycles. The Morgan fingerprint density at radius 1 is 0.974 bits per heavy atom. The van der Waals surface area contributed by atoms with Crippen molar-refractivity contribution in [1.82, 2.24) is 24.3 Å². The summed E-state index contributed by atoms with van der Waals surface area (Å²) in [6.07, 6.45) is 2.08. The molecule has 2 aromatic carbocycles. The van der Waals surface area contributed by atoms with Gasteiger partial charge < -0.3 is 14.2 Å². The lowest BCUT2D eigenvalue weighted by molar-refractivity contribution is -0.0582. The van der Waals surface area contributed by atoms with Gasteiger partial charge >= 0.3 is 17.6 Å². The second-order valence-corrected chi connectivity index (χ2v) is 8.95. The van der Waals surface area contributed by atoms with Crippen molar-refractivity contribution in [2.45, 2.75) is 38.7 Å². The fraction of sp³-hybridized carbons (Fsp3) is 0.259. The molecule has 3 unspecified atom stereocenters. The minimum absolute atomic E-state index is 0.161. The van der Waals surface area contributed by atoms with Crippen molar-refractivity contribution in [3.63, 3.8) is 0 Å². The highest BCUT2D eigenvalue weighted by molar-refractivity contribution is 5.90. The van der Waals surface area contributed by atoms with Crippen molar-refractivity contribution in [1.29, 1.82) is 0 Å². The zero-order chi connectivity index (χ0) is 26.6. The van der Waals surface area contributed by atoms with Gasteiger partial charge in [-0.25, -0.2) is 24.0 Å². The maximum absolute atomic E-state index is 12.9. The molecule has 0 aliphatic carbocycles. The summed E-state index contributed by atoms with van der Waals surface area (Å²) in [5.41, 5.74) is 2.21. The predicted molar refractivity (Wildman–Crippen MR) is 134 cm³/mol. The monoisotopic (exact) mass is 518 g/mol. The van der Waals surface area contributed by atoms with Crippen LogP contribution in [0.2, 0.25) is 0 Å². The lowest BCUT2D eigenvalue weighted by atomic mass is 10.1. The van der Waals surface area contributed by atoms with Crippen LogP contribution in [0, 0.1) is 13.8 Å². The minimum atomic E-state index is -0.800.